The van der Waals surface area contributed by atoms with E-state index in [2.05, 4.69) is 11.9 Å². The van der Waals surface area contributed by atoms with Gasteiger partial charge < -0.3 is 14.8 Å². The van der Waals surface area contributed by atoms with Crippen molar-refractivity contribution in [2.45, 2.75) is 12.5 Å². The Morgan fingerprint density at radius 3 is 3.00 bits per heavy atom. The van der Waals surface area contributed by atoms with Gasteiger partial charge in [0.25, 0.3) is 5.69 Å². The fourth-order valence-corrected chi connectivity index (χ4v) is 1.80. The number of nitro groups is 1. The molecule has 1 heterocycles. The van der Waals surface area contributed by atoms with E-state index in [0.29, 0.717) is 19.0 Å². The van der Waals surface area contributed by atoms with Crippen LogP contribution in [-0.4, -0.2) is 30.1 Å². The fourth-order valence-electron chi connectivity index (χ4n) is 1.80. The van der Waals surface area contributed by atoms with Gasteiger partial charge in [-0.1, -0.05) is 6.58 Å². The predicted octanol–water partition coefficient (Wildman–Crippen LogP) is 1.89. The Bertz CT molecular complexity index is 538. The van der Waals surface area contributed by atoms with Gasteiger partial charge in [-0.2, -0.15) is 0 Å². The average molecular weight is 278 g/mol. The van der Waals surface area contributed by atoms with Gasteiger partial charge in [0.2, 0.25) is 5.91 Å². The summed E-state index contributed by atoms with van der Waals surface area (Å²) in [6.45, 7) is 4.42. The molecule has 0 bridgehead atoms. The standard InChI is InChI=1S/C13H14N2O5/c1-2-13(16)14-11-7-9(15(17)18)3-4-12(11)20-10-5-6-19-8-10/h2-4,7,10H,1,5-6,8H2,(H,14,16). The van der Waals surface area contributed by atoms with Crippen LogP contribution in [-0.2, 0) is 9.53 Å². The number of hydrogen-bond donors (Lipinski definition) is 1. The largest absolute Gasteiger partial charge is 0.486 e. The number of carbonyl (C=O) groups excluding carboxylic acids is 1. The van der Waals surface area contributed by atoms with Crippen molar-refractivity contribution in [2.75, 3.05) is 18.5 Å². The summed E-state index contributed by atoms with van der Waals surface area (Å²) in [5.74, 6) is -0.0840. The number of rotatable bonds is 5. The van der Waals surface area contributed by atoms with Crippen molar-refractivity contribution < 1.29 is 19.2 Å². The van der Waals surface area contributed by atoms with E-state index in [-0.39, 0.29) is 17.5 Å². The first-order chi connectivity index (χ1) is 9.60. The monoisotopic (exact) mass is 278 g/mol. The minimum Gasteiger partial charge on any atom is -0.486 e. The first-order valence-electron chi connectivity index (χ1n) is 6.06. The SMILES string of the molecule is C=CC(=O)Nc1cc([N+](=O)[O-])ccc1OC1CCOC1. The number of hydrogen-bond acceptors (Lipinski definition) is 5. The number of nitrogens with one attached hydrogen (secondary N) is 1. The summed E-state index contributed by atoms with van der Waals surface area (Å²) in [6.07, 6.45) is 1.71. The molecular weight excluding hydrogens is 264 g/mol. The van der Waals surface area contributed by atoms with E-state index in [9.17, 15) is 14.9 Å². The molecule has 1 aromatic carbocycles. The zero-order chi connectivity index (χ0) is 14.5. The van der Waals surface area contributed by atoms with Crippen LogP contribution in [0.5, 0.6) is 5.75 Å². The van der Waals surface area contributed by atoms with Crippen LogP contribution < -0.4 is 10.1 Å². The molecule has 1 saturated heterocycles. The zero-order valence-electron chi connectivity index (χ0n) is 10.7. The van der Waals surface area contributed by atoms with Gasteiger partial charge >= 0.3 is 0 Å². The van der Waals surface area contributed by atoms with Crippen LogP contribution >= 0.6 is 0 Å². The molecule has 0 spiro atoms. The summed E-state index contributed by atoms with van der Waals surface area (Å²) >= 11 is 0. The summed E-state index contributed by atoms with van der Waals surface area (Å²) in [5, 5.41) is 13.3. The third-order valence-corrected chi connectivity index (χ3v) is 2.80. The van der Waals surface area contributed by atoms with Crippen LogP contribution in [0.3, 0.4) is 0 Å². The highest BCUT2D eigenvalue weighted by Gasteiger charge is 2.20. The summed E-state index contributed by atoms with van der Waals surface area (Å²) in [7, 11) is 0. The molecule has 1 fully saturated rings. The van der Waals surface area contributed by atoms with Gasteiger partial charge in [0, 0.05) is 18.6 Å². The van der Waals surface area contributed by atoms with Crippen molar-refractivity contribution in [2.24, 2.45) is 0 Å². The lowest BCUT2D eigenvalue weighted by molar-refractivity contribution is -0.384. The molecule has 7 nitrogen and oxygen atoms in total. The number of non-ortho nitro benzene ring substituents is 1. The van der Waals surface area contributed by atoms with E-state index < -0.39 is 10.8 Å². The molecule has 0 radical (unpaired) electrons. The first kappa shape index (κ1) is 14.0. The highest BCUT2D eigenvalue weighted by atomic mass is 16.6. The quantitative estimate of drug-likeness (QED) is 0.504. The molecule has 1 N–H and O–H groups in total. The second-order valence-corrected chi connectivity index (χ2v) is 4.23. The molecular formula is C13H14N2O5. The van der Waals surface area contributed by atoms with Crippen LogP contribution in [0, 0.1) is 10.1 Å². The van der Waals surface area contributed by atoms with Gasteiger partial charge in [-0.3, -0.25) is 14.9 Å². The van der Waals surface area contributed by atoms with Crippen LogP contribution in [0.1, 0.15) is 6.42 Å². The molecule has 1 amide bonds. The van der Waals surface area contributed by atoms with Gasteiger partial charge in [-0.25, -0.2) is 0 Å². The Morgan fingerprint density at radius 2 is 2.40 bits per heavy atom. The third-order valence-electron chi connectivity index (χ3n) is 2.80. The topological polar surface area (TPSA) is 90.7 Å². The second-order valence-electron chi connectivity index (χ2n) is 4.23. The lowest BCUT2D eigenvalue weighted by Crippen LogP contribution is -2.17. The Hall–Kier alpha value is -2.41. The Morgan fingerprint density at radius 1 is 1.60 bits per heavy atom. The van der Waals surface area contributed by atoms with Crippen molar-refractivity contribution >= 4 is 17.3 Å². The summed E-state index contributed by atoms with van der Waals surface area (Å²) in [4.78, 5) is 21.6. The molecule has 0 saturated carbocycles. The normalized spacial score (nSPS) is 17.5. The minimum absolute atomic E-state index is 0.115. The van der Waals surface area contributed by atoms with E-state index in [4.69, 9.17) is 9.47 Å². The smallest absolute Gasteiger partial charge is 0.271 e. The van der Waals surface area contributed by atoms with Crippen molar-refractivity contribution in [3.05, 3.63) is 41.0 Å². The summed E-state index contributed by atoms with van der Waals surface area (Å²) in [5.41, 5.74) is 0.121. The van der Waals surface area contributed by atoms with Crippen molar-refractivity contribution in [3.8, 4) is 5.75 Å². The van der Waals surface area contributed by atoms with Gasteiger partial charge in [0.1, 0.15) is 11.9 Å². The number of nitrogens with zero attached hydrogens (tertiary/aromatic N) is 1. The van der Waals surface area contributed by atoms with E-state index in [0.717, 1.165) is 12.5 Å². The second kappa shape index (κ2) is 6.16. The zero-order valence-corrected chi connectivity index (χ0v) is 10.7. The van der Waals surface area contributed by atoms with E-state index in [1.165, 1.54) is 18.2 Å². The number of carbonyl (C=O) groups is 1. The maximum Gasteiger partial charge on any atom is 0.271 e. The lowest BCUT2D eigenvalue weighted by atomic mass is 10.2. The molecule has 20 heavy (non-hydrogen) atoms. The molecule has 0 aromatic heterocycles. The fraction of sp³-hybridized carbons (Fsp3) is 0.308. The Labute approximate surface area is 115 Å². The van der Waals surface area contributed by atoms with Gasteiger partial charge in [-0.05, 0) is 12.1 Å². The molecule has 106 valence electrons. The highest BCUT2D eigenvalue weighted by molar-refractivity contribution is 6.00. The van der Waals surface area contributed by atoms with Gasteiger partial charge in [0.05, 0.1) is 23.8 Å². The van der Waals surface area contributed by atoms with Crippen LogP contribution in [0.2, 0.25) is 0 Å². The number of ether oxygens (including phenoxy) is 2. The molecule has 7 heteroatoms. The lowest BCUT2D eigenvalue weighted by Gasteiger charge is -2.15. The molecule has 1 aliphatic heterocycles. The van der Waals surface area contributed by atoms with E-state index in [1.54, 1.807) is 0 Å². The maximum atomic E-state index is 11.4. The van der Waals surface area contributed by atoms with Crippen molar-refractivity contribution in [1.82, 2.24) is 0 Å². The van der Waals surface area contributed by atoms with E-state index in [1.807, 2.05) is 0 Å². The molecule has 0 aliphatic carbocycles. The Balaban J connectivity index is 2.25. The van der Waals surface area contributed by atoms with E-state index >= 15 is 0 Å². The summed E-state index contributed by atoms with van der Waals surface area (Å²) in [6, 6.07) is 4.05. The molecule has 1 aromatic rings. The van der Waals surface area contributed by atoms with Crippen molar-refractivity contribution in [3.63, 3.8) is 0 Å². The maximum absolute atomic E-state index is 11.4. The van der Waals surface area contributed by atoms with Crippen LogP contribution in [0.25, 0.3) is 0 Å². The summed E-state index contributed by atoms with van der Waals surface area (Å²) < 4.78 is 10.9. The van der Waals surface area contributed by atoms with Crippen molar-refractivity contribution in [1.29, 1.82) is 0 Å². The number of anilines is 1. The number of nitro benzene ring substituents is 1. The third kappa shape index (κ3) is 3.33. The molecule has 1 aliphatic rings. The van der Waals surface area contributed by atoms with Gasteiger partial charge in [-0.15, -0.1) is 0 Å². The van der Waals surface area contributed by atoms with Gasteiger partial charge in [0.15, 0.2) is 0 Å². The number of benzene rings is 1. The predicted molar refractivity (Wildman–Crippen MR) is 71.8 cm³/mol. The molecule has 1 atom stereocenters. The number of amides is 1. The van der Waals surface area contributed by atoms with Crippen LogP contribution in [0.15, 0.2) is 30.9 Å². The van der Waals surface area contributed by atoms with Crippen LogP contribution in [0.4, 0.5) is 11.4 Å². The minimum atomic E-state index is -0.536. The molecule has 1 unspecified atom stereocenters. The molecule has 2 rings (SSSR count). The first-order valence-corrected chi connectivity index (χ1v) is 6.06. The highest BCUT2D eigenvalue weighted by Crippen LogP contribution is 2.31. The average Bonchev–Trinajstić information content (AvgIpc) is 2.93. The Kier molecular flexibility index (Phi) is 4.31.